The number of carbonyl (C=O) groups is 1. The van der Waals surface area contributed by atoms with Gasteiger partial charge in [-0.05, 0) is 26.0 Å². The molecule has 4 N–H and O–H groups in total. The molecule has 31 heavy (non-hydrogen) atoms. The van der Waals surface area contributed by atoms with E-state index in [1.807, 2.05) is 24.6 Å². The van der Waals surface area contributed by atoms with E-state index in [9.17, 15) is 4.79 Å². The second kappa shape index (κ2) is 9.07. The minimum atomic E-state index is -0.182. The Morgan fingerprint density at radius 1 is 1.32 bits per heavy atom. The maximum Gasteiger partial charge on any atom is 0.268 e. The van der Waals surface area contributed by atoms with Crippen molar-refractivity contribution in [3.05, 3.63) is 41.3 Å². The Morgan fingerprint density at radius 2 is 2.06 bits per heavy atom. The van der Waals surface area contributed by atoms with Gasteiger partial charge in [-0.15, -0.1) is 0 Å². The number of hydrogen-bond donors (Lipinski definition) is 3. The van der Waals surface area contributed by atoms with Gasteiger partial charge >= 0.3 is 0 Å². The fourth-order valence-electron chi connectivity index (χ4n) is 3.70. The lowest BCUT2D eigenvalue weighted by Crippen LogP contribution is -2.49. The van der Waals surface area contributed by atoms with Gasteiger partial charge in [-0.3, -0.25) is 10.2 Å². The van der Waals surface area contributed by atoms with Crippen molar-refractivity contribution in [2.24, 2.45) is 0 Å². The zero-order valence-electron chi connectivity index (χ0n) is 17.9. The molecule has 2 saturated heterocycles. The van der Waals surface area contributed by atoms with Crippen LogP contribution in [0.15, 0.2) is 24.5 Å². The monoisotopic (exact) mass is 427 g/mol. The van der Waals surface area contributed by atoms with Gasteiger partial charge in [0.15, 0.2) is 0 Å². The Labute approximate surface area is 181 Å². The highest BCUT2D eigenvalue weighted by molar-refractivity contribution is 6.16. The Hall–Kier alpha value is -2.91. The van der Waals surface area contributed by atoms with Crippen LogP contribution in [0.2, 0.25) is 0 Å². The van der Waals surface area contributed by atoms with Gasteiger partial charge < -0.3 is 29.8 Å². The highest BCUT2D eigenvalue weighted by atomic mass is 16.5. The molecule has 2 fully saturated rings. The van der Waals surface area contributed by atoms with Crippen LogP contribution in [0.25, 0.3) is 0 Å². The Balaban J connectivity index is 1.63. The van der Waals surface area contributed by atoms with Crippen LogP contribution in [0, 0.1) is 5.41 Å². The smallest absolute Gasteiger partial charge is 0.268 e. The number of pyridine rings is 1. The summed E-state index contributed by atoms with van der Waals surface area (Å²) >= 11 is 0. The third-order valence-electron chi connectivity index (χ3n) is 5.54. The number of aromatic nitrogens is 2. The highest BCUT2D eigenvalue weighted by Crippen LogP contribution is 2.29. The molecule has 9 nitrogen and oxygen atoms in total. The molecule has 1 amide bonds. The van der Waals surface area contributed by atoms with Crippen LogP contribution in [0.1, 0.15) is 54.3 Å². The Bertz CT molecular complexity index is 961. The Kier molecular flexibility index (Phi) is 6.24. The maximum atomic E-state index is 12.8. The first-order chi connectivity index (χ1) is 14.9. The molecule has 0 unspecified atom stereocenters. The van der Waals surface area contributed by atoms with Crippen LogP contribution in [-0.4, -0.2) is 59.7 Å². The van der Waals surface area contributed by atoms with Gasteiger partial charge in [-0.25, -0.2) is 4.98 Å². The number of hydrogen-bond acceptors (Lipinski definition) is 7. The summed E-state index contributed by atoms with van der Waals surface area (Å²) in [7, 11) is 0. The molecule has 4 rings (SSSR count). The molecule has 0 saturated carbocycles. The zero-order valence-corrected chi connectivity index (χ0v) is 17.9. The van der Waals surface area contributed by atoms with Crippen LogP contribution in [-0.2, 0) is 9.47 Å². The minimum absolute atomic E-state index is 0.0269. The summed E-state index contributed by atoms with van der Waals surface area (Å²) in [6.45, 7) is 6.32. The van der Waals surface area contributed by atoms with Crippen molar-refractivity contribution in [2.75, 3.05) is 32.2 Å². The number of anilines is 1. The Morgan fingerprint density at radius 3 is 2.71 bits per heavy atom. The highest BCUT2D eigenvalue weighted by Gasteiger charge is 2.26. The van der Waals surface area contributed by atoms with Crippen molar-refractivity contribution in [1.29, 1.82) is 5.41 Å². The summed E-state index contributed by atoms with van der Waals surface area (Å²) in [6, 6.07) is 3.45. The molecular formula is C22H29N5O4. The van der Waals surface area contributed by atoms with E-state index in [0.29, 0.717) is 54.8 Å². The van der Waals surface area contributed by atoms with Crippen molar-refractivity contribution in [2.45, 2.75) is 44.9 Å². The van der Waals surface area contributed by atoms with Crippen LogP contribution in [0.4, 0.5) is 5.69 Å². The molecule has 4 heterocycles. The standard InChI is InChI=1S/C22H29N5O4/c1-13(2)27-10-14(9-18(27)21(28)26-15-11-30-12-15)20(24)19-17(23)3-6-25-22(19)31-16-4-7-29-8-5-16/h3,6,9-10,13,15-16,24H,4-5,7-8,11-12H2,1-2H3,(H2,23,25)(H,26,28). The first-order valence-electron chi connectivity index (χ1n) is 10.6. The molecule has 166 valence electrons. The average Bonchev–Trinajstić information content (AvgIpc) is 3.17. The summed E-state index contributed by atoms with van der Waals surface area (Å²) in [5.74, 6) is 0.158. The van der Waals surface area contributed by atoms with E-state index in [-0.39, 0.29) is 29.8 Å². The van der Waals surface area contributed by atoms with Gasteiger partial charge in [0.1, 0.15) is 11.8 Å². The maximum absolute atomic E-state index is 12.8. The molecule has 2 aromatic rings. The average molecular weight is 428 g/mol. The van der Waals surface area contributed by atoms with E-state index in [1.54, 1.807) is 18.3 Å². The lowest BCUT2D eigenvalue weighted by molar-refractivity contribution is -0.00363. The lowest BCUT2D eigenvalue weighted by atomic mass is 10.0. The molecule has 0 aliphatic carbocycles. The molecule has 0 atom stereocenters. The quantitative estimate of drug-likeness (QED) is 0.582. The predicted octanol–water partition coefficient (Wildman–Crippen LogP) is 2.15. The number of rotatable bonds is 7. The number of nitrogens with one attached hydrogen (secondary N) is 2. The van der Waals surface area contributed by atoms with Gasteiger partial charge in [-0.1, -0.05) is 0 Å². The topological polar surface area (TPSA) is 124 Å². The fourth-order valence-corrected chi connectivity index (χ4v) is 3.70. The lowest BCUT2D eigenvalue weighted by Gasteiger charge is -2.27. The summed E-state index contributed by atoms with van der Waals surface area (Å²) in [6.07, 6.45) is 4.90. The van der Waals surface area contributed by atoms with Crippen molar-refractivity contribution >= 4 is 17.3 Å². The minimum Gasteiger partial charge on any atom is -0.474 e. The summed E-state index contributed by atoms with van der Waals surface area (Å²) in [5.41, 5.74) is 8.34. The molecular weight excluding hydrogens is 398 g/mol. The number of nitrogens with zero attached hydrogens (tertiary/aromatic N) is 2. The number of ether oxygens (including phenoxy) is 3. The third-order valence-corrected chi connectivity index (χ3v) is 5.54. The molecule has 9 heteroatoms. The van der Waals surface area contributed by atoms with E-state index in [0.717, 1.165) is 12.8 Å². The van der Waals surface area contributed by atoms with E-state index in [1.165, 1.54) is 0 Å². The molecule has 2 aliphatic heterocycles. The fraction of sp³-hybridized carbons (Fsp3) is 0.500. The van der Waals surface area contributed by atoms with Crippen LogP contribution in [0.3, 0.4) is 0 Å². The summed E-state index contributed by atoms with van der Waals surface area (Å²) in [4.78, 5) is 17.2. The van der Waals surface area contributed by atoms with Crippen LogP contribution < -0.4 is 15.8 Å². The molecule has 0 radical (unpaired) electrons. The van der Waals surface area contributed by atoms with E-state index in [2.05, 4.69) is 10.3 Å². The number of nitrogens with two attached hydrogens (primary N) is 1. The van der Waals surface area contributed by atoms with Crippen LogP contribution in [0.5, 0.6) is 5.88 Å². The summed E-state index contributed by atoms with van der Waals surface area (Å²) < 4.78 is 18.5. The molecule has 0 aromatic carbocycles. The second-order valence-corrected chi connectivity index (χ2v) is 8.21. The molecule has 0 bridgehead atoms. The number of carbonyl (C=O) groups excluding carboxylic acids is 1. The van der Waals surface area contributed by atoms with Crippen molar-refractivity contribution in [3.63, 3.8) is 0 Å². The van der Waals surface area contributed by atoms with Gasteiger partial charge in [0.2, 0.25) is 5.88 Å². The van der Waals surface area contributed by atoms with Gasteiger partial charge in [-0.2, -0.15) is 0 Å². The van der Waals surface area contributed by atoms with E-state index in [4.69, 9.17) is 25.4 Å². The summed E-state index contributed by atoms with van der Waals surface area (Å²) in [5, 5.41) is 11.8. The van der Waals surface area contributed by atoms with Crippen LogP contribution >= 0.6 is 0 Å². The third kappa shape index (κ3) is 4.57. The largest absolute Gasteiger partial charge is 0.474 e. The van der Waals surface area contributed by atoms with E-state index >= 15 is 0 Å². The first-order valence-corrected chi connectivity index (χ1v) is 10.6. The number of amides is 1. The molecule has 2 aromatic heterocycles. The van der Waals surface area contributed by atoms with Gasteiger partial charge in [0.05, 0.1) is 43.7 Å². The van der Waals surface area contributed by atoms with E-state index < -0.39 is 0 Å². The van der Waals surface area contributed by atoms with Gasteiger partial charge in [0.25, 0.3) is 5.91 Å². The van der Waals surface area contributed by atoms with Crippen molar-refractivity contribution < 1.29 is 19.0 Å². The van der Waals surface area contributed by atoms with Crippen molar-refractivity contribution in [1.82, 2.24) is 14.9 Å². The van der Waals surface area contributed by atoms with Gasteiger partial charge in [0, 0.05) is 42.5 Å². The number of nitrogen functional groups attached to an aromatic ring is 1. The normalized spacial score (nSPS) is 17.4. The SMILES string of the molecule is CC(C)n1cc(C(=N)c2c(N)ccnc2OC2CCOCC2)cc1C(=O)NC1COC1. The van der Waals surface area contributed by atoms with Crippen molar-refractivity contribution in [3.8, 4) is 5.88 Å². The predicted molar refractivity (Wildman–Crippen MR) is 116 cm³/mol. The molecule has 2 aliphatic rings. The first kappa shape index (κ1) is 21.3. The second-order valence-electron chi connectivity index (χ2n) is 8.21. The molecule has 0 spiro atoms. The zero-order chi connectivity index (χ0) is 22.0.